The third kappa shape index (κ3) is 5.64. The maximum Gasteiger partial charge on any atom is 0.309 e. The van der Waals surface area contributed by atoms with E-state index in [4.69, 9.17) is 14.5 Å². The summed E-state index contributed by atoms with van der Waals surface area (Å²) >= 11 is 0. The van der Waals surface area contributed by atoms with Gasteiger partial charge in [-0.15, -0.1) is 0 Å². The number of carbonyl (C=O) groups is 1. The molecule has 0 amide bonds. The van der Waals surface area contributed by atoms with Gasteiger partial charge in [-0.05, 0) is 44.7 Å². The Hall–Kier alpha value is -2.24. The number of esters is 1. The molecule has 2 rings (SSSR count). The van der Waals surface area contributed by atoms with Crippen LogP contribution in [0.1, 0.15) is 32.3 Å². The second-order valence-electron chi connectivity index (χ2n) is 6.31. The molecule has 1 aliphatic rings. The number of para-hydroxylation sites is 1. The molecule has 1 heterocycles. The van der Waals surface area contributed by atoms with Gasteiger partial charge in [-0.1, -0.05) is 18.2 Å². The summed E-state index contributed by atoms with van der Waals surface area (Å²) in [5, 5.41) is 3.36. The number of nitrogens with zero attached hydrogens (tertiary/aromatic N) is 2. The Morgan fingerprint density at radius 3 is 2.65 bits per heavy atom. The molecule has 0 aromatic heterocycles. The first-order valence-electron chi connectivity index (χ1n) is 9.51. The second kappa shape index (κ2) is 10.7. The molecule has 6 nitrogen and oxygen atoms in total. The van der Waals surface area contributed by atoms with E-state index in [0.717, 1.165) is 56.2 Å². The zero-order valence-electron chi connectivity index (χ0n) is 16.2. The molecule has 1 aliphatic heterocycles. The number of methoxy groups -OCH3 is 1. The van der Waals surface area contributed by atoms with E-state index in [1.54, 1.807) is 7.11 Å². The van der Waals surface area contributed by atoms with E-state index in [1.165, 1.54) is 0 Å². The van der Waals surface area contributed by atoms with Gasteiger partial charge >= 0.3 is 5.97 Å². The number of aliphatic imine (C=N–C) groups is 1. The monoisotopic (exact) mass is 361 g/mol. The van der Waals surface area contributed by atoms with Crippen molar-refractivity contribution in [2.24, 2.45) is 10.9 Å². The fraction of sp³-hybridized carbons (Fsp3) is 0.600. The van der Waals surface area contributed by atoms with Crippen LogP contribution in [0.3, 0.4) is 0 Å². The first-order valence-corrected chi connectivity index (χ1v) is 9.51. The zero-order valence-corrected chi connectivity index (χ0v) is 16.2. The summed E-state index contributed by atoms with van der Waals surface area (Å²) in [6.07, 6.45) is 2.46. The van der Waals surface area contributed by atoms with Crippen molar-refractivity contribution in [1.29, 1.82) is 0 Å². The molecular formula is C20H31N3O3. The minimum Gasteiger partial charge on any atom is -0.496 e. The number of hydrogen-bond acceptors (Lipinski definition) is 4. The normalized spacial score (nSPS) is 15.7. The molecule has 144 valence electrons. The molecule has 1 aromatic rings. The van der Waals surface area contributed by atoms with E-state index >= 15 is 0 Å². The van der Waals surface area contributed by atoms with Crippen molar-refractivity contribution in [1.82, 2.24) is 10.2 Å². The van der Waals surface area contributed by atoms with Crippen molar-refractivity contribution in [2.45, 2.75) is 33.1 Å². The molecule has 0 atom stereocenters. The maximum atomic E-state index is 11.9. The molecular weight excluding hydrogens is 330 g/mol. The number of benzene rings is 1. The Kier molecular flexibility index (Phi) is 8.25. The van der Waals surface area contributed by atoms with Crippen molar-refractivity contribution in [3.05, 3.63) is 29.8 Å². The number of carbonyl (C=O) groups excluding carboxylic acids is 1. The van der Waals surface area contributed by atoms with Crippen LogP contribution in [-0.4, -0.2) is 56.7 Å². The van der Waals surface area contributed by atoms with Gasteiger partial charge in [0.05, 0.1) is 19.6 Å². The average molecular weight is 361 g/mol. The van der Waals surface area contributed by atoms with Crippen LogP contribution >= 0.6 is 0 Å². The third-order valence-corrected chi connectivity index (χ3v) is 4.58. The summed E-state index contributed by atoms with van der Waals surface area (Å²) in [5.74, 6) is 1.78. The van der Waals surface area contributed by atoms with E-state index < -0.39 is 0 Å². The van der Waals surface area contributed by atoms with Crippen LogP contribution < -0.4 is 10.1 Å². The molecule has 0 saturated carbocycles. The summed E-state index contributed by atoms with van der Waals surface area (Å²) in [4.78, 5) is 18.9. The summed E-state index contributed by atoms with van der Waals surface area (Å²) in [7, 11) is 1.69. The van der Waals surface area contributed by atoms with Crippen LogP contribution in [0.25, 0.3) is 0 Å². The van der Waals surface area contributed by atoms with E-state index in [9.17, 15) is 4.79 Å². The lowest BCUT2D eigenvalue weighted by Crippen LogP contribution is -2.46. The number of ether oxygens (including phenoxy) is 2. The topological polar surface area (TPSA) is 63.2 Å². The van der Waals surface area contributed by atoms with Crippen LogP contribution in [0.2, 0.25) is 0 Å². The molecule has 0 spiro atoms. The molecule has 1 aromatic carbocycles. The highest BCUT2D eigenvalue weighted by Crippen LogP contribution is 2.20. The van der Waals surface area contributed by atoms with E-state index in [1.807, 2.05) is 25.1 Å². The predicted octanol–water partition coefficient (Wildman–Crippen LogP) is 2.48. The molecule has 0 aliphatic carbocycles. The number of guanidine groups is 1. The van der Waals surface area contributed by atoms with Crippen molar-refractivity contribution in [3.63, 3.8) is 0 Å². The van der Waals surface area contributed by atoms with Crippen LogP contribution in [-0.2, 0) is 16.0 Å². The Bertz CT molecular complexity index is 596. The van der Waals surface area contributed by atoms with Crippen molar-refractivity contribution in [2.75, 3.05) is 39.9 Å². The summed E-state index contributed by atoms with van der Waals surface area (Å²) in [6, 6.07) is 8.05. The molecule has 0 bridgehead atoms. The fourth-order valence-electron chi connectivity index (χ4n) is 3.20. The van der Waals surface area contributed by atoms with Gasteiger partial charge in [-0.3, -0.25) is 9.79 Å². The fourth-order valence-corrected chi connectivity index (χ4v) is 3.20. The molecule has 26 heavy (non-hydrogen) atoms. The van der Waals surface area contributed by atoms with Gasteiger partial charge in [0.2, 0.25) is 0 Å². The van der Waals surface area contributed by atoms with Crippen molar-refractivity contribution in [3.8, 4) is 5.75 Å². The van der Waals surface area contributed by atoms with Crippen LogP contribution in [0.15, 0.2) is 29.3 Å². The van der Waals surface area contributed by atoms with Crippen molar-refractivity contribution >= 4 is 11.9 Å². The minimum atomic E-state index is -0.0646. The lowest BCUT2D eigenvalue weighted by Gasteiger charge is -2.33. The Balaban J connectivity index is 1.92. The van der Waals surface area contributed by atoms with Gasteiger partial charge in [0.1, 0.15) is 5.75 Å². The molecule has 6 heteroatoms. The quantitative estimate of drug-likeness (QED) is 0.459. The molecule has 1 fully saturated rings. The molecule has 0 radical (unpaired) electrons. The van der Waals surface area contributed by atoms with Gasteiger partial charge in [0, 0.05) is 26.2 Å². The predicted molar refractivity (Wildman–Crippen MR) is 104 cm³/mol. The van der Waals surface area contributed by atoms with Gasteiger partial charge in [-0.2, -0.15) is 0 Å². The molecule has 1 N–H and O–H groups in total. The number of nitrogens with one attached hydrogen (secondary N) is 1. The number of piperidine rings is 1. The van der Waals surface area contributed by atoms with Gasteiger partial charge in [0.15, 0.2) is 5.96 Å². The van der Waals surface area contributed by atoms with Gasteiger partial charge < -0.3 is 19.7 Å². The largest absolute Gasteiger partial charge is 0.496 e. The smallest absolute Gasteiger partial charge is 0.309 e. The Morgan fingerprint density at radius 2 is 2.00 bits per heavy atom. The first-order chi connectivity index (χ1) is 12.7. The minimum absolute atomic E-state index is 0.0163. The number of likely N-dealkylation sites (tertiary alicyclic amines) is 1. The maximum absolute atomic E-state index is 11.9. The highest BCUT2D eigenvalue weighted by Gasteiger charge is 2.27. The van der Waals surface area contributed by atoms with E-state index in [0.29, 0.717) is 13.2 Å². The highest BCUT2D eigenvalue weighted by molar-refractivity contribution is 5.80. The summed E-state index contributed by atoms with van der Waals surface area (Å²) in [5.41, 5.74) is 1.16. The lowest BCUT2D eigenvalue weighted by molar-refractivity contribution is -0.149. The van der Waals surface area contributed by atoms with Crippen LogP contribution in [0.5, 0.6) is 5.75 Å². The average Bonchev–Trinajstić information content (AvgIpc) is 2.68. The van der Waals surface area contributed by atoms with Crippen LogP contribution in [0, 0.1) is 5.92 Å². The van der Waals surface area contributed by atoms with Gasteiger partial charge in [-0.25, -0.2) is 0 Å². The number of rotatable bonds is 7. The van der Waals surface area contributed by atoms with Crippen LogP contribution in [0.4, 0.5) is 0 Å². The van der Waals surface area contributed by atoms with Crippen molar-refractivity contribution < 1.29 is 14.3 Å². The van der Waals surface area contributed by atoms with Gasteiger partial charge in [0.25, 0.3) is 0 Å². The summed E-state index contributed by atoms with van der Waals surface area (Å²) < 4.78 is 10.5. The zero-order chi connectivity index (χ0) is 18.8. The molecule has 1 saturated heterocycles. The Morgan fingerprint density at radius 1 is 1.27 bits per heavy atom. The van der Waals surface area contributed by atoms with E-state index in [2.05, 4.69) is 23.2 Å². The SMILES string of the molecule is CCNC(=NCCc1ccccc1OC)N1CCC(C(=O)OCC)CC1. The lowest BCUT2D eigenvalue weighted by atomic mass is 9.97. The standard InChI is InChI=1S/C20H31N3O3/c1-4-21-20(22-13-10-16-8-6-7-9-18(16)25-3)23-14-11-17(12-15-23)19(24)26-5-2/h6-9,17H,4-5,10-15H2,1-3H3,(H,21,22). The Labute approximate surface area is 156 Å². The molecule has 0 unspecified atom stereocenters. The highest BCUT2D eigenvalue weighted by atomic mass is 16.5. The summed E-state index contributed by atoms with van der Waals surface area (Å²) in [6.45, 7) is 7.54. The first kappa shape index (κ1) is 20.1. The second-order valence-corrected chi connectivity index (χ2v) is 6.31. The third-order valence-electron chi connectivity index (χ3n) is 4.58. The number of hydrogen-bond donors (Lipinski definition) is 1. The van der Waals surface area contributed by atoms with E-state index in [-0.39, 0.29) is 11.9 Å².